The molecule has 27 heavy (non-hydrogen) atoms. The SMILES string of the molecule is Fc1cccc(-c2nn(C3CCCCO3)c3cnc(C4CCOC4)cc23)n1. The quantitative estimate of drug-likeness (QED) is 0.658. The van der Waals surface area contributed by atoms with Crippen LogP contribution in [0.5, 0.6) is 0 Å². The van der Waals surface area contributed by atoms with Crippen molar-refractivity contribution >= 4 is 10.9 Å². The van der Waals surface area contributed by atoms with Crippen molar-refractivity contribution in [3.63, 3.8) is 0 Å². The van der Waals surface area contributed by atoms with Gasteiger partial charge in [-0.1, -0.05) is 6.07 Å². The molecule has 0 radical (unpaired) electrons. The van der Waals surface area contributed by atoms with Crippen molar-refractivity contribution in [1.29, 1.82) is 0 Å². The fraction of sp³-hybridized carbons (Fsp3) is 0.450. The molecule has 0 amide bonds. The largest absolute Gasteiger partial charge is 0.381 e. The van der Waals surface area contributed by atoms with Crippen LogP contribution in [0.4, 0.5) is 4.39 Å². The van der Waals surface area contributed by atoms with E-state index in [0.717, 1.165) is 55.5 Å². The predicted molar refractivity (Wildman–Crippen MR) is 97.7 cm³/mol. The molecule has 7 heteroatoms. The summed E-state index contributed by atoms with van der Waals surface area (Å²) in [5.74, 6) is -0.223. The second-order valence-electron chi connectivity index (χ2n) is 7.15. The predicted octanol–water partition coefficient (Wildman–Crippen LogP) is 3.84. The number of fused-ring (bicyclic) bond motifs is 1. The Bertz CT molecular complexity index is 962. The standard InChI is InChI=1S/C20H21FN4O2/c21-18-5-3-4-15(23-18)20-14-10-16(13-7-9-26-12-13)22-11-17(14)25(24-20)19-6-1-2-8-27-19/h3-5,10-11,13,19H,1-2,6-9,12H2. The summed E-state index contributed by atoms with van der Waals surface area (Å²) >= 11 is 0. The Hall–Kier alpha value is -2.38. The highest BCUT2D eigenvalue weighted by atomic mass is 19.1. The summed E-state index contributed by atoms with van der Waals surface area (Å²) in [5.41, 5.74) is 3.07. The monoisotopic (exact) mass is 368 g/mol. The Labute approximate surface area is 156 Å². The fourth-order valence-electron chi connectivity index (χ4n) is 3.91. The number of pyridine rings is 2. The second kappa shape index (κ2) is 6.98. The van der Waals surface area contributed by atoms with Crippen molar-refractivity contribution < 1.29 is 13.9 Å². The van der Waals surface area contributed by atoms with E-state index in [-0.39, 0.29) is 12.1 Å². The third-order valence-corrected chi connectivity index (χ3v) is 5.35. The van der Waals surface area contributed by atoms with Crippen LogP contribution in [-0.4, -0.2) is 39.6 Å². The topological polar surface area (TPSA) is 62.1 Å². The van der Waals surface area contributed by atoms with Crippen LogP contribution in [0, 0.1) is 5.95 Å². The average molecular weight is 368 g/mol. The number of nitrogens with zero attached hydrogens (tertiary/aromatic N) is 4. The van der Waals surface area contributed by atoms with Gasteiger partial charge in [-0.25, -0.2) is 9.67 Å². The maximum absolute atomic E-state index is 13.7. The van der Waals surface area contributed by atoms with Crippen LogP contribution in [0.2, 0.25) is 0 Å². The highest BCUT2D eigenvalue weighted by molar-refractivity contribution is 5.92. The summed E-state index contributed by atoms with van der Waals surface area (Å²) in [5, 5.41) is 5.71. The van der Waals surface area contributed by atoms with Gasteiger partial charge < -0.3 is 9.47 Å². The lowest BCUT2D eigenvalue weighted by Gasteiger charge is -2.23. The van der Waals surface area contributed by atoms with Crippen LogP contribution >= 0.6 is 0 Å². The first kappa shape index (κ1) is 16.8. The molecule has 140 valence electrons. The van der Waals surface area contributed by atoms with Crippen LogP contribution in [0.3, 0.4) is 0 Å². The highest BCUT2D eigenvalue weighted by Crippen LogP contribution is 2.34. The molecule has 3 aromatic rings. The zero-order valence-corrected chi connectivity index (χ0v) is 15.0. The first-order chi connectivity index (χ1) is 13.3. The van der Waals surface area contributed by atoms with Gasteiger partial charge in [-0.05, 0) is 43.9 Å². The summed E-state index contributed by atoms with van der Waals surface area (Å²) in [7, 11) is 0. The molecule has 5 rings (SSSR count). The third-order valence-electron chi connectivity index (χ3n) is 5.35. The number of halogens is 1. The van der Waals surface area contributed by atoms with Crippen molar-refractivity contribution in [3.05, 3.63) is 42.1 Å². The molecule has 2 aliphatic rings. The zero-order chi connectivity index (χ0) is 18.2. The van der Waals surface area contributed by atoms with Gasteiger partial charge in [0.05, 0.1) is 24.0 Å². The van der Waals surface area contributed by atoms with E-state index in [4.69, 9.17) is 14.6 Å². The Morgan fingerprint density at radius 2 is 2.11 bits per heavy atom. The lowest BCUT2D eigenvalue weighted by Crippen LogP contribution is -2.19. The van der Waals surface area contributed by atoms with Crippen LogP contribution in [-0.2, 0) is 9.47 Å². The third kappa shape index (κ3) is 3.11. The van der Waals surface area contributed by atoms with Gasteiger partial charge in [0.2, 0.25) is 5.95 Å². The lowest BCUT2D eigenvalue weighted by atomic mass is 10.0. The van der Waals surface area contributed by atoms with Gasteiger partial charge in [0.1, 0.15) is 5.69 Å². The summed E-state index contributed by atoms with van der Waals surface area (Å²) < 4.78 is 27.1. The first-order valence-electron chi connectivity index (χ1n) is 9.50. The molecular weight excluding hydrogens is 347 g/mol. The zero-order valence-electron chi connectivity index (χ0n) is 15.0. The lowest BCUT2D eigenvalue weighted by molar-refractivity contribution is -0.0365. The molecule has 2 fully saturated rings. The molecule has 0 bridgehead atoms. The van der Waals surface area contributed by atoms with Gasteiger partial charge in [0.25, 0.3) is 0 Å². The first-order valence-corrected chi connectivity index (χ1v) is 9.50. The maximum atomic E-state index is 13.7. The van der Waals surface area contributed by atoms with Gasteiger partial charge in [-0.2, -0.15) is 9.49 Å². The van der Waals surface area contributed by atoms with E-state index in [9.17, 15) is 4.39 Å². The van der Waals surface area contributed by atoms with Gasteiger partial charge >= 0.3 is 0 Å². The molecule has 2 saturated heterocycles. The summed E-state index contributed by atoms with van der Waals surface area (Å²) in [4.78, 5) is 8.73. The van der Waals surface area contributed by atoms with Crippen molar-refractivity contribution in [1.82, 2.24) is 19.7 Å². The maximum Gasteiger partial charge on any atom is 0.213 e. The van der Waals surface area contributed by atoms with E-state index < -0.39 is 5.95 Å². The van der Waals surface area contributed by atoms with Crippen LogP contribution in [0.25, 0.3) is 22.3 Å². The number of rotatable bonds is 3. The Morgan fingerprint density at radius 3 is 2.89 bits per heavy atom. The van der Waals surface area contributed by atoms with E-state index in [1.165, 1.54) is 6.07 Å². The molecule has 6 nitrogen and oxygen atoms in total. The minimum Gasteiger partial charge on any atom is -0.381 e. The van der Waals surface area contributed by atoms with Crippen molar-refractivity contribution in [3.8, 4) is 11.4 Å². The molecule has 0 aromatic carbocycles. The minimum atomic E-state index is -0.511. The molecule has 0 N–H and O–H groups in total. The molecule has 5 heterocycles. The van der Waals surface area contributed by atoms with E-state index >= 15 is 0 Å². The second-order valence-corrected chi connectivity index (χ2v) is 7.15. The Balaban J connectivity index is 1.67. The normalized spacial score (nSPS) is 23.1. The summed E-state index contributed by atoms with van der Waals surface area (Å²) in [6.07, 6.45) is 5.78. The van der Waals surface area contributed by atoms with Crippen LogP contribution < -0.4 is 0 Å². The van der Waals surface area contributed by atoms with E-state index in [1.54, 1.807) is 12.1 Å². The van der Waals surface area contributed by atoms with Crippen molar-refractivity contribution in [2.24, 2.45) is 0 Å². The van der Waals surface area contributed by atoms with E-state index in [0.29, 0.717) is 18.0 Å². The Kier molecular flexibility index (Phi) is 4.33. The molecule has 0 aliphatic carbocycles. The molecule has 2 atom stereocenters. The number of ether oxygens (including phenoxy) is 2. The molecule has 2 aliphatic heterocycles. The summed E-state index contributed by atoms with van der Waals surface area (Å²) in [6.45, 7) is 2.17. The molecule has 2 unspecified atom stereocenters. The van der Waals surface area contributed by atoms with Crippen LogP contribution in [0.1, 0.15) is 43.5 Å². The average Bonchev–Trinajstić information content (AvgIpc) is 3.36. The van der Waals surface area contributed by atoms with Crippen molar-refractivity contribution in [2.75, 3.05) is 19.8 Å². The van der Waals surface area contributed by atoms with Crippen LogP contribution in [0.15, 0.2) is 30.5 Å². The molecule has 3 aromatic heterocycles. The van der Waals surface area contributed by atoms with Gasteiger partial charge in [-0.15, -0.1) is 0 Å². The van der Waals surface area contributed by atoms with Gasteiger partial charge in [-0.3, -0.25) is 4.98 Å². The number of aromatic nitrogens is 4. The molecular formula is C20H21FN4O2. The Morgan fingerprint density at radius 1 is 1.15 bits per heavy atom. The van der Waals surface area contributed by atoms with Gasteiger partial charge in [0.15, 0.2) is 6.23 Å². The van der Waals surface area contributed by atoms with Crippen molar-refractivity contribution in [2.45, 2.75) is 37.8 Å². The fourth-order valence-corrected chi connectivity index (χ4v) is 3.91. The smallest absolute Gasteiger partial charge is 0.213 e. The summed E-state index contributed by atoms with van der Waals surface area (Å²) in [6, 6.07) is 6.85. The minimum absolute atomic E-state index is 0.119. The highest BCUT2D eigenvalue weighted by Gasteiger charge is 2.25. The number of hydrogen-bond donors (Lipinski definition) is 0. The number of hydrogen-bond acceptors (Lipinski definition) is 5. The molecule has 0 spiro atoms. The van der Waals surface area contributed by atoms with E-state index in [2.05, 4.69) is 16.0 Å². The molecule has 0 saturated carbocycles. The van der Waals surface area contributed by atoms with Gasteiger partial charge in [0, 0.05) is 30.2 Å². The van der Waals surface area contributed by atoms with E-state index in [1.807, 2.05) is 10.9 Å².